The summed E-state index contributed by atoms with van der Waals surface area (Å²) >= 11 is 0. The molecule has 0 fully saturated rings. The molecule has 136 valence electrons. The minimum atomic E-state index is -0.928. The summed E-state index contributed by atoms with van der Waals surface area (Å²) in [6, 6.07) is 8.06. The average molecular weight is 363 g/mol. The van der Waals surface area contributed by atoms with Gasteiger partial charge in [0.05, 0.1) is 4.92 Å². The maximum absolute atomic E-state index is 13.6. The van der Waals surface area contributed by atoms with Gasteiger partial charge in [0.1, 0.15) is 23.9 Å². The van der Waals surface area contributed by atoms with E-state index in [0.29, 0.717) is 0 Å². The van der Waals surface area contributed by atoms with E-state index in [-0.39, 0.29) is 17.8 Å². The number of likely N-dealkylation sites (N-methyl/N-ethyl adjacent to an activating group) is 1. The largest absolute Gasteiger partial charge is 0.330 e. The number of halogens is 2. The smallest absolute Gasteiger partial charge is 0.269 e. The summed E-state index contributed by atoms with van der Waals surface area (Å²) in [5.41, 5.74) is -0.601. The Labute approximate surface area is 147 Å². The lowest BCUT2D eigenvalue weighted by Gasteiger charge is -2.20. The van der Waals surface area contributed by atoms with Gasteiger partial charge in [-0.1, -0.05) is 6.07 Å². The second-order valence-electron chi connectivity index (χ2n) is 5.27. The molecule has 0 radical (unpaired) electrons. The second-order valence-corrected chi connectivity index (χ2v) is 5.27. The van der Waals surface area contributed by atoms with Gasteiger partial charge in [0.2, 0.25) is 5.91 Å². The number of hydrogen-bond donors (Lipinski definition) is 1. The second kappa shape index (κ2) is 8.15. The number of carbonyl (C=O) groups is 2. The third-order valence-corrected chi connectivity index (χ3v) is 3.56. The number of non-ortho nitro benzene ring substituents is 1. The van der Waals surface area contributed by atoms with Crippen LogP contribution >= 0.6 is 0 Å². The van der Waals surface area contributed by atoms with Crippen molar-refractivity contribution in [1.82, 2.24) is 4.90 Å². The molecule has 0 aliphatic heterocycles. The van der Waals surface area contributed by atoms with Crippen molar-refractivity contribution in [3.8, 4) is 0 Å². The topological polar surface area (TPSA) is 92.6 Å². The lowest BCUT2D eigenvalue weighted by molar-refractivity contribution is -0.384. The molecule has 0 unspecified atom stereocenters. The van der Waals surface area contributed by atoms with Crippen LogP contribution < -0.4 is 5.32 Å². The number of nitro benzene ring substituents is 1. The van der Waals surface area contributed by atoms with Gasteiger partial charge in [-0.05, 0) is 31.2 Å². The summed E-state index contributed by atoms with van der Waals surface area (Å²) in [7, 11) is 0. The third kappa shape index (κ3) is 4.38. The van der Waals surface area contributed by atoms with E-state index in [2.05, 4.69) is 5.32 Å². The van der Waals surface area contributed by atoms with E-state index in [1.54, 1.807) is 6.92 Å². The average Bonchev–Trinajstić information content (AvgIpc) is 2.62. The van der Waals surface area contributed by atoms with Gasteiger partial charge in [-0.15, -0.1) is 0 Å². The Morgan fingerprint density at radius 2 is 1.69 bits per heavy atom. The van der Waals surface area contributed by atoms with E-state index in [1.165, 1.54) is 24.3 Å². The molecule has 26 heavy (non-hydrogen) atoms. The third-order valence-electron chi connectivity index (χ3n) is 3.56. The Kier molecular flexibility index (Phi) is 5.94. The van der Waals surface area contributed by atoms with Crippen LogP contribution in [0.2, 0.25) is 0 Å². The van der Waals surface area contributed by atoms with Crippen LogP contribution in [0.15, 0.2) is 42.5 Å². The molecule has 1 N–H and O–H groups in total. The van der Waals surface area contributed by atoms with Crippen LogP contribution in [0.3, 0.4) is 0 Å². The molecule has 2 rings (SSSR count). The predicted molar refractivity (Wildman–Crippen MR) is 89.7 cm³/mol. The van der Waals surface area contributed by atoms with Crippen LogP contribution in [0.25, 0.3) is 0 Å². The number of rotatable bonds is 6. The number of hydrogen-bond acceptors (Lipinski definition) is 4. The van der Waals surface area contributed by atoms with Crippen molar-refractivity contribution in [3.63, 3.8) is 0 Å². The molecule has 0 atom stereocenters. The Morgan fingerprint density at radius 1 is 1.12 bits per heavy atom. The molecular formula is C17H15F2N3O4. The van der Waals surface area contributed by atoms with Gasteiger partial charge in [-0.25, -0.2) is 8.78 Å². The van der Waals surface area contributed by atoms with Crippen LogP contribution in [0.4, 0.5) is 20.2 Å². The number of carbonyl (C=O) groups excluding carboxylic acids is 2. The number of nitrogens with one attached hydrogen (secondary N) is 1. The van der Waals surface area contributed by atoms with E-state index >= 15 is 0 Å². The Balaban J connectivity index is 2.09. The van der Waals surface area contributed by atoms with Crippen molar-refractivity contribution in [2.45, 2.75) is 6.92 Å². The first-order chi connectivity index (χ1) is 12.3. The molecular weight excluding hydrogens is 348 g/mol. The summed E-state index contributed by atoms with van der Waals surface area (Å²) in [5, 5.41) is 12.7. The zero-order chi connectivity index (χ0) is 19.3. The first-order valence-electron chi connectivity index (χ1n) is 7.61. The van der Waals surface area contributed by atoms with Crippen LogP contribution in [-0.4, -0.2) is 34.7 Å². The van der Waals surface area contributed by atoms with Gasteiger partial charge in [-0.2, -0.15) is 0 Å². The normalized spacial score (nSPS) is 10.3. The van der Waals surface area contributed by atoms with Gasteiger partial charge in [0.15, 0.2) is 0 Å². The van der Waals surface area contributed by atoms with E-state index in [1.807, 2.05) is 0 Å². The molecule has 9 heteroatoms. The van der Waals surface area contributed by atoms with Crippen molar-refractivity contribution in [1.29, 1.82) is 0 Å². The summed E-state index contributed by atoms with van der Waals surface area (Å²) < 4.78 is 27.1. The molecule has 0 heterocycles. The molecule has 0 aromatic heterocycles. The molecule has 7 nitrogen and oxygen atoms in total. The van der Waals surface area contributed by atoms with Gasteiger partial charge >= 0.3 is 0 Å². The van der Waals surface area contributed by atoms with Crippen LogP contribution in [-0.2, 0) is 4.79 Å². The van der Waals surface area contributed by atoms with Crippen LogP contribution in [0.1, 0.15) is 17.3 Å². The summed E-state index contributed by atoms with van der Waals surface area (Å²) in [5.74, 6) is -3.16. The first-order valence-corrected chi connectivity index (χ1v) is 7.61. The minimum absolute atomic E-state index is 0.155. The fourth-order valence-electron chi connectivity index (χ4n) is 2.21. The molecule has 2 amide bonds. The molecule has 0 saturated carbocycles. The van der Waals surface area contributed by atoms with Crippen LogP contribution in [0.5, 0.6) is 0 Å². The molecule has 0 spiro atoms. The van der Waals surface area contributed by atoms with E-state index in [9.17, 15) is 28.5 Å². The zero-order valence-corrected chi connectivity index (χ0v) is 13.7. The van der Waals surface area contributed by atoms with Crippen molar-refractivity contribution >= 4 is 23.2 Å². The lowest BCUT2D eigenvalue weighted by atomic mass is 10.2. The van der Waals surface area contributed by atoms with E-state index in [0.717, 1.165) is 23.1 Å². The highest BCUT2D eigenvalue weighted by Gasteiger charge is 2.20. The van der Waals surface area contributed by atoms with Gasteiger partial charge < -0.3 is 10.2 Å². The number of para-hydroxylation sites is 1. The fraction of sp³-hybridized carbons (Fsp3) is 0.176. The fourth-order valence-corrected chi connectivity index (χ4v) is 2.21. The highest BCUT2D eigenvalue weighted by atomic mass is 19.1. The zero-order valence-electron chi connectivity index (χ0n) is 13.7. The van der Waals surface area contributed by atoms with E-state index < -0.39 is 40.6 Å². The Hall–Kier alpha value is -3.36. The highest BCUT2D eigenvalue weighted by molar-refractivity contribution is 5.99. The molecule has 0 bridgehead atoms. The molecule has 0 aliphatic rings. The maximum atomic E-state index is 13.6. The SMILES string of the molecule is CCN(CC(=O)Nc1c(F)cccc1F)C(=O)c1ccc([N+](=O)[O-])cc1. The summed E-state index contributed by atoms with van der Waals surface area (Å²) in [4.78, 5) is 35.6. The quantitative estimate of drug-likeness (QED) is 0.631. The van der Waals surface area contributed by atoms with Crippen molar-refractivity contribution in [2.75, 3.05) is 18.4 Å². The Bertz CT molecular complexity index is 820. The summed E-state index contributed by atoms with van der Waals surface area (Å²) in [6.07, 6.45) is 0. The molecule has 0 aliphatic carbocycles. The van der Waals surface area contributed by atoms with Crippen LogP contribution in [0, 0.1) is 21.7 Å². The number of amides is 2. The molecule has 2 aromatic carbocycles. The van der Waals surface area contributed by atoms with Crippen molar-refractivity contribution < 1.29 is 23.3 Å². The van der Waals surface area contributed by atoms with Crippen molar-refractivity contribution in [2.24, 2.45) is 0 Å². The van der Waals surface area contributed by atoms with Gasteiger partial charge in [-0.3, -0.25) is 19.7 Å². The predicted octanol–water partition coefficient (Wildman–Crippen LogP) is 2.97. The molecule has 0 saturated heterocycles. The Morgan fingerprint density at radius 3 is 2.19 bits per heavy atom. The monoisotopic (exact) mass is 363 g/mol. The number of benzene rings is 2. The highest BCUT2D eigenvalue weighted by Crippen LogP contribution is 2.18. The number of nitrogens with zero attached hydrogens (tertiary/aromatic N) is 2. The standard InChI is InChI=1S/C17H15F2N3O4/c1-2-21(17(24)11-6-8-12(9-7-11)22(25)26)10-15(23)20-16-13(18)4-3-5-14(16)19/h3-9H,2,10H2,1H3,(H,20,23). The maximum Gasteiger partial charge on any atom is 0.269 e. The number of nitro groups is 1. The first kappa shape index (κ1) is 19.0. The number of anilines is 1. The van der Waals surface area contributed by atoms with E-state index in [4.69, 9.17) is 0 Å². The van der Waals surface area contributed by atoms with Gasteiger partial charge in [0.25, 0.3) is 11.6 Å². The lowest BCUT2D eigenvalue weighted by Crippen LogP contribution is -2.38. The van der Waals surface area contributed by atoms with Gasteiger partial charge in [0, 0.05) is 24.2 Å². The molecule has 2 aromatic rings. The summed E-state index contributed by atoms with van der Waals surface area (Å²) in [6.45, 7) is 1.35. The van der Waals surface area contributed by atoms with Crippen molar-refractivity contribution in [3.05, 3.63) is 69.8 Å². The minimum Gasteiger partial charge on any atom is -0.330 e.